The minimum atomic E-state index is -0.465. The van der Waals surface area contributed by atoms with Gasteiger partial charge >= 0.3 is 5.97 Å². The van der Waals surface area contributed by atoms with Crippen molar-refractivity contribution in [2.24, 2.45) is 0 Å². The van der Waals surface area contributed by atoms with Gasteiger partial charge in [0.05, 0.1) is 6.10 Å². The molecular formula is C11H21N3O3. The molecule has 0 aromatic rings. The van der Waals surface area contributed by atoms with Crippen molar-refractivity contribution in [1.29, 1.82) is 0 Å². The smallest absolute Gasteiger partial charge is 0.332 e. The van der Waals surface area contributed by atoms with Crippen LogP contribution in [0.25, 0.3) is 0 Å². The molecule has 1 atom stereocenters. The molecule has 0 saturated carbocycles. The van der Waals surface area contributed by atoms with E-state index < -0.39 is 5.60 Å². The monoisotopic (exact) mass is 243 g/mol. The number of hydrogen-bond donors (Lipinski definition) is 3. The molecule has 17 heavy (non-hydrogen) atoms. The fraction of sp³-hybridized carbons (Fsp3) is 0.727. The summed E-state index contributed by atoms with van der Waals surface area (Å²) in [5.41, 5.74) is 8.98. The zero-order valence-electron chi connectivity index (χ0n) is 10.8. The molecule has 0 aliphatic carbocycles. The number of nitrogens with one attached hydrogen (secondary N) is 3. The molecule has 0 unspecified atom stereocenters. The highest BCUT2D eigenvalue weighted by Crippen LogP contribution is 2.09. The zero-order chi connectivity index (χ0) is 12.9. The standard InChI is InChI=1S/C11H21N3O3/c1-8(5-9-6-12-14-13-9)16-7-10(15)17-11(2,3)4/h6,8,12-14H,5,7H2,1-4H3/t8-/m1/s1. The van der Waals surface area contributed by atoms with Crippen molar-refractivity contribution in [1.82, 2.24) is 16.4 Å². The first kappa shape index (κ1) is 13.8. The predicted octanol–water partition coefficient (Wildman–Crippen LogP) is 0.577. The minimum Gasteiger partial charge on any atom is -0.458 e. The third kappa shape index (κ3) is 6.13. The third-order valence-corrected chi connectivity index (χ3v) is 1.95. The van der Waals surface area contributed by atoms with Gasteiger partial charge in [0.1, 0.15) is 12.2 Å². The van der Waals surface area contributed by atoms with Crippen molar-refractivity contribution < 1.29 is 14.3 Å². The van der Waals surface area contributed by atoms with Crippen molar-refractivity contribution in [2.45, 2.75) is 45.8 Å². The van der Waals surface area contributed by atoms with Gasteiger partial charge in [-0.2, -0.15) is 5.53 Å². The van der Waals surface area contributed by atoms with Crippen LogP contribution in [0.5, 0.6) is 0 Å². The Bertz CT molecular complexity index is 297. The van der Waals surface area contributed by atoms with Crippen molar-refractivity contribution >= 4 is 5.97 Å². The topological polar surface area (TPSA) is 71.6 Å². The summed E-state index contributed by atoms with van der Waals surface area (Å²) in [6.07, 6.45) is 2.46. The molecule has 1 heterocycles. The molecular weight excluding hydrogens is 222 g/mol. The van der Waals surface area contributed by atoms with Gasteiger partial charge < -0.3 is 20.3 Å². The number of esters is 1. The lowest BCUT2D eigenvalue weighted by molar-refractivity contribution is -0.161. The maximum absolute atomic E-state index is 11.4. The van der Waals surface area contributed by atoms with Crippen LogP contribution in [0.4, 0.5) is 0 Å². The first-order valence-corrected chi connectivity index (χ1v) is 5.66. The van der Waals surface area contributed by atoms with Gasteiger partial charge in [0.15, 0.2) is 0 Å². The molecule has 3 N–H and O–H groups in total. The molecule has 0 fully saturated rings. The first-order chi connectivity index (χ1) is 7.87. The largest absolute Gasteiger partial charge is 0.458 e. The Hall–Kier alpha value is -1.27. The van der Waals surface area contributed by atoms with Gasteiger partial charge in [-0.3, -0.25) is 0 Å². The predicted molar refractivity (Wildman–Crippen MR) is 63.4 cm³/mol. The lowest BCUT2D eigenvalue weighted by Crippen LogP contribution is -2.32. The molecule has 6 nitrogen and oxygen atoms in total. The van der Waals surface area contributed by atoms with E-state index in [0.717, 1.165) is 5.70 Å². The fourth-order valence-corrected chi connectivity index (χ4v) is 1.34. The first-order valence-electron chi connectivity index (χ1n) is 5.66. The van der Waals surface area contributed by atoms with E-state index in [1.807, 2.05) is 33.9 Å². The minimum absolute atomic E-state index is 0.0213. The quantitative estimate of drug-likeness (QED) is 0.613. The van der Waals surface area contributed by atoms with E-state index in [9.17, 15) is 4.79 Å². The zero-order valence-corrected chi connectivity index (χ0v) is 10.8. The molecule has 0 amide bonds. The van der Waals surface area contributed by atoms with E-state index in [-0.39, 0.29) is 18.7 Å². The van der Waals surface area contributed by atoms with Crippen LogP contribution in [0.3, 0.4) is 0 Å². The van der Waals surface area contributed by atoms with Crippen LogP contribution in [-0.4, -0.2) is 24.3 Å². The highest BCUT2D eigenvalue weighted by molar-refractivity contribution is 5.71. The fourth-order valence-electron chi connectivity index (χ4n) is 1.34. The van der Waals surface area contributed by atoms with E-state index in [0.29, 0.717) is 6.42 Å². The Kier molecular flexibility index (Phi) is 4.77. The summed E-state index contributed by atoms with van der Waals surface area (Å²) in [5.74, 6) is -0.339. The number of hydrogen-bond acceptors (Lipinski definition) is 6. The van der Waals surface area contributed by atoms with E-state index in [1.54, 1.807) is 0 Å². The lowest BCUT2D eigenvalue weighted by Gasteiger charge is -2.20. The molecule has 1 aliphatic rings. The Labute approximate surface area is 102 Å². The van der Waals surface area contributed by atoms with Crippen LogP contribution in [0.1, 0.15) is 34.1 Å². The second-order valence-corrected chi connectivity index (χ2v) is 4.98. The van der Waals surface area contributed by atoms with Gasteiger partial charge in [-0.15, -0.1) is 0 Å². The molecule has 1 aliphatic heterocycles. The number of ether oxygens (including phenoxy) is 2. The van der Waals surface area contributed by atoms with Crippen LogP contribution in [0, 0.1) is 0 Å². The van der Waals surface area contributed by atoms with Gasteiger partial charge in [-0.1, -0.05) is 0 Å². The molecule has 6 heteroatoms. The molecule has 0 saturated heterocycles. The lowest BCUT2D eigenvalue weighted by atomic mass is 10.2. The van der Waals surface area contributed by atoms with Crippen molar-refractivity contribution in [3.8, 4) is 0 Å². The molecule has 0 radical (unpaired) electrons. The van der Waals surface area contributed by atoms with Crippen LogP contribution in [0.2, 0.25) is 0 Å². The molecule has 98 valence electrons. The highest BCUT2D eigenvalue weighted by atomic mass is 16.6. The van der Waals surface area contributed by atoms with E-state index >= 15 is 0 Å². The van der Waals surface area contributed by atoms with Crippen LogP contribution in [0.15, 0.2) is 11.9 Å². The maximum atomic E-state index is 11.4. The van der Waals surface area contributed by atoms with Gasteiger partial charge in [0, 0.05) is 18.3 Å². The second kappa shape index (κ2) is 5.88. The highest BCUT2D eigenvalue weighted by Gasteiger charge is 2.17. The Morgan fingerprint density at radius 3 is 2.71 bits per heavy atom. The molecule has 0 aromatic heterocycles. The molecule has 0 spiro atoms. The number of rotatable bonds is 5. The second-order valence-electron chi connectivity index (χ2n) is 4.98. The van der Waals surface area contributed by atoms with E-state index in [1.165, 1.54) is 0 Å². The van der Waals surface area contributed by atoms with E-state index in [2.05, 4.69) is 16.4 Å². The molecule has 1 rings (SSSR count). The summed E-state index contributed by atoms with van der Waals surface area (Å²) in [6.45, 7) is 7.38. The van der Waals surface area contributed by atoms with Gasteiger partial charge in [0.25, 0.3) is 0 Å². The summed E-state index contributed by atoms with van der Waals surface area (Å²) in [4.78, 5) is 11.4. The Morgan fingerprint density at radius 2 is 2.18 bits per heavy atom. The van der Waals surface area contributed by atoms with Crippen molar-refractivity contribution in [2.75, 3.05) is 6.61 Å². The Balaban J connectivity index is 2.19. The normalized spacial score (nSPS) is 16.8. The van der Waals surface area contributed by atoms with Crippen LogP contribution in [-0.2, 0) is 14.3 Å². The van der Waals surface area contributed by atoms with Crippen LogP contribution < -0.4 is 16.4 Å². The SMILES string of the molecule is C[C@H](CC1=CNNN1)OCC(=O)OC(C)(C)C. The van der Waals surface area contributed by atoms with Gasteiger partial charge in [-0.25, -0.2) is 4.79 Å². The molecule has 0 bridgehead atoms. The van der Waals surface area contributed by atoms with Gasteiger partial charge in [0.2, 0.25) is 0 Å². The van der Waals surface area contributed by atoms with Crippen molar-refractivity contribution in [3.63, 3.8) is 0 Å². The number of hydrazine groups is 2. The average molecular weight is 243 g/mol. The number of carbonyl (C=O) groups is 1. The summed E-state index contributed by atoms with van der Waals surface area (Å²) < 4.78 is 10.5. The molecule has 0 aromatic carbocycles. The summed E-state index contributed by atoms with van der Waals surface area (Å²) >= 11 is 0. The average Bonchev–Trinajstić information content (AvgIpc) is 2.64. The number of carbonyl (C=O) groups excluding carboxylic acids is 1. The summed E-state index contributed by atoms with van der Waals surface area (Å²) in [6, 6.07) is 0. The van der Waals surface area contributed by atoms with E-state index in [4.69, 9.17) is 9.47 Å². The summed E-state index contributed by atoms with van der Waals surface area (Å²) in [7, 11) is 0. The Morgan fingerprint density at radius 1 is 1.47 bits per heavy atom. The van der Waals surface area contributed by atoms with Crippen molar-refractivity contribution in [3.05, 3.63) is 11.9 Å². The van der Waals surface area contributed by atoms with Crippen LogP contribution >= 0.6 is 0 Å². The maximum Gasteiger partial charge on any atom is 0.332 e. The summed E-state index contributed by atoms with van der Waals surface area (Å²) in [5, 5.41) is 0. The van der Waals surface area contributed by atoms with Gasteiger partial charge in [-0.05, 0) is 27.7 Å². The third-order valence-electron chi connectivity index (χ3n) is 1.95.